The first kappa shape index (κ1) is 26.5. The molecule has 0 radical (unpaired) electrons. The van der Waals surface area contributed by atoms with Crippen molar-refractivity contribution in [2.75, 3.05) is 11.9 Å². The lowest BCUT2D eigenvalue weighted by atomic mass is 10.0. The predicted molar refractivity (Wildman–Crippen MR) is 134 cm³/mol. The van der Waals surface area contributed by atoms with Gasteiger partial charge in [-0.25, -0.2) is 8.78 Å². The third-order valence-electron chi connectivity index (χ3n) is 6.11. The molecule has 2 rings (SSSR count). The number of rotatable bonds is 8. The van der Waals surface area contributed by atoms with E-state index >= 15 is 0 Å². The number of allylic oxidation sites excluding steroid dienone is 1. The average molecular weight is 482 g/mol. The molecule has 0 amide bonds. The van der Waals surface area contributed by atoms with Gasteiger partial charge in [-0.15, -0.1) is 0 Å². The van der Waals surface area contributed by atoms with Gasteiger partial charge in [-0.05, 0) is 67.4 Å². The van der Waals surface area contributed by atoms with Crippen LogP contribution in [0.4, 0.5) is 14.5 Å². The number of nitrogens with one attached hydrogen (secondary N) is 1. The molecule has 2 aromatic carbocycles. The SMILES string of the molecule is CC(=Cc1ccc(N[C@H](C)[C@@H](O)CO[Si](C)(C)C(C)(C)C)c(F)c1)c1c(F)cccc1Cl. The van der Waals surface area contributed by atoms with Gasteiger partial charge in [0.25, 0.3) is 0 Å². The summed E-state index contributed by atoms with van der Waals surface area (Å²) in [5.41, 5.74) is 1.76. The Morgan fingerprint density at radius 1 is 1.19 bits per heavy atom. The maximum atomic E-state index is 14.7. The number of hydrogen-bond acceptors (Lipinski definition) is 3. The van der Waals surface area contributed by atoms with Gasteiger partial charge in [0.2, 0.25) is 0 Å². The summed E-state index contributed by atoms with van der Waals surface area (Å²) in [7, 11) is -1.98. The molecule has 0 spiro atoms. The number of benzene rings is 2. The third kappa shape index (κ3) is 6.64. The fourth-order valence-corrected chi connectivity index (χ4v) is 4.26. The minimum atomic E-state index is -1.98. The summed E-state index contributed by atoms with van der Waals surface area (Å²) in [5, 5.41) is 13.9. The molecule has 2 N–H and O–H groups in total. The van der Waals surface area contributed by atoms with Crippen LogP contribution in [0.25, 0.3) is 11.6 Å². The number of halogens is 3. The van der Waals surface area contributed by atoms with Gasteiger partial charge < -0.3 is 14.8 Å². The summed E-state index contributed by atoms with van der Waals surface area (Å²) in [4.78, 5) is 0. The maximum absolute atomic E-state index is 14.7. The molecule has 2 aromatic rings. The smallest absolute Gasteiger partial charge is 0.192 e. The molecule has 3 nitrogen and oxygen atoms in total. The van der Waals surface area contributed by atoms with Crippen molar-refractivity contribution in [1.82, 2.24) is 0 Å². The highest BCUT2D eigenvalue weighted by Crippen LogP contribution is 2.36. The van der Waals surface area contributed by atoms with Gasteiger partial charge in [0.1, 0.15) is 11.6 Å². The standard InChI is InChI=1S/C25H34ClF2NO2Si/c1-16(24-19(26)9-8-10-20(24)27)13-18-11-12-22(21(28)14-18)29-17(2)23(30)15-31-32(6,7)25(3,4)5/h8-14,17,23,29-30H,15H2,1-7H3/t17-,23+/m1/s1. The largest absolute Gasteiger partial charge is 0.414 e. The molecule has 0 aliphatic rings. The Balaban J connectivity index is 2.09. The van der Waals surface area contributed by atoms with Crippen LogP contribution in [0, 0.1) is 11.6 Å². The first-order chi connectivity index (χ1) is 14.7. The van der Waals surface area contributed by atoms with E-state index in [1.165, 1.54) is 12.1 Å². The molecule has 0 aliphatic carbocycles. The normalized spacial score (nSPS) is 14.9. The van der Waals surface area contributed by atoms with Gasteiger partial charge in [0.15, 0.2) is 8.32 Å². The molecule has 0 saturated heterocycles. The molecule has 176 valence electrons. The summed E-state index contributed by atoms with van der Waals surface area (Å²) in [5.74, 6) is -0.886. The number of hydrogen-bond donors (Lipinski definition) is 2. The molecule has 0 unspecified atom stereocenters. The predicted octanol–water partition coefficient (Wildman–Crippen LogP) is 7.36. The van der Waals surface area contributed by atoms with Gasteiger partial charge in [-0.2, -0.15) is 0 Å². The monoisotopic (exact) mass is 481 g/mol. The van der Waals surface area contributed by atoms with Crippen LogP contribution in [0.3, 0.4) is 0 Å². The summed E-state index contributed by atoms with van der Waals surface area (Å²) in [6.07, 6.45) is 0.899. The fourth-order valence-electron chi connectivity index (χ4n) is 2.93. The van der Waals surface area contributed by atoms with Crippen molar-refractivity contribution in [3.8, 4) is 0 Å². The maximum Gasteiger partial charge on any atom is 0.192 e. The van der Waals surface area contributed by atoms with Crippen LogP contribution < -0.4 is 5.32 Å². The number of anilines is 1. The second-order valence-electron chi connectivity index (χ2n) is 9.73. The van der Waals surface area contributed by atoms with E-state index in [1.54, 1.807) is 44.2 Å². The van der Waals surface area contributed by atoms with E-state index in [4.69, 9.17) is 16.0 Å². The first-order valence-electron chi connectivity index (χ1n) is 10.7. The van der Waals surface area contributed by atoms with Gasteiger partial charge in [0, 0.05) is 5.56 Å². The zero-order chi connectivity index (χ0) is 24.3. The Morgan fingerprint density at radius 2 is 1.84 bits per heavy atom. The van der Waals surface area contributed by atoms with Crippen LogP contribution in [0.5, 0.6) is 0 Å². The minimum absolute atomic E-state index is 0.0455. The summed E-state index contributed by atoms with van der Waals surface area (Å²) in [6.45, 7) is 14.4. The minimum Gasteiger partial charge on any atom is -0.414 e. The van der Waals surface area contributed by atoms with E-state index in [0.717, 1.165) is 0 Å². The molecule has 32 heavy (non-hydrogen) atoms. The summed E-state index contributed by atoms with van der Waals surface area (Å²) < 4.78 is 34.9. The van der Waals surface area contributed by atoms with E-state index in [2.05, 4.69) is 39.2 Å². The number of aliphatic hydroxyl groups excluding tert-OH is 1. The second-order valence-corrected chi connectivity index (χ2v) is 15.0. The van der Waals surface area contributed by atoms with Crippen molar-refractivity contribution in [1.29, 1.82) is 0 Å². The fraction of sp³-hybridized carbons (Fsp3) is 0.440. The Kier molecular flexibility index (Phi) is 8.67. The summed E-state index contributed by atoms with van der Waals surface area (Å²) in [6, 6.07) is 8.80. The molecule has 0 saturated carbocycles. The molecule has 0 bridgehead atoms. The average Bonchev–Trinajstić information content (AvgIpc) is 2.67. The molecule has 0 fully saturated rings. The second kappa shape index (κ2) is 10.5. The van der Waals surface area contributed by atoms with Gasteiger partial charge >= 0.3 is 0 Å². The van der Waals surface area contributed by atoms with Crippen LogP contribution in [-0.2, 0) is 4.43 Å². The van der Waals surface area contributed by atoms with Crippen molar-refractivity contribution in [3.05, 3.63) is 64.2 Å². The zero-order valence-corrected chi connectivity index (χ0v) is 21.6. The lowest BCUT2D eigenvalue weighted by molar-refractivity contribution is 0.0883. The lowest BCUT2D eigenvalue weighted by Gasteiger charge is -2.37. The van der Waals surface area contributed by atoms with E-state index in [1.807, 2.05) is 0 Å². The number of aliphatic hydroxyl groups is 1. The Labute approximate surface area is 196 Å². The van der Waals surface area contributed by atoms with Gasteiger partial charge in [-0.1, -0.05) is 50.6 Å². The highest BCUT2D eigenvalue weighted by Gasteiger charge is 2.37. The van der Waals surface area contributed by atoms with Crippen molar-refractivity contribution >= 4 is 37.3 Å². The molecule has 0 heterocycles. The molecular weight excluding hydrogens is 448 g/mol. The zero-order valence-electron chi connectivity index (χ0n) is 19.9. The van der Waals surface area contributed by atoms with Crippen LogP contribution in [0.2, 0.25) is 23.2 Å². The Hall–Kier alpha value is -1.73. The van der Waals surface area contributed by atoms with Crippen LogP contribution >= 0.6 is 11.6 Å². The molecule has 7 heteroatoms. The Bertz CT molecular complexity index is 953. The van der Waals surface area contributed by atoms with Crippen LogP contribution in [0.15, 0.2) is 36.4 Å². The van der Waals surface area contributed by atoms with E-state index in [9.17, 15) is 13.9 Å². The van der Waals surface area contributed by atoms with Crippen molar-refractivity contribution in [2.24, 2.45) is 0 Å². The van der Waals surface area contributed by atoms with E-state index in [-0.39, 0.29) is 17.3 Å². The van der Waals surface area contributed by atoms with Gasteiger partial charge in [-0.3, -0.25) is 0 Å². The molecule has 0 aliphatic heterocycles. The lowest BCUT2D eigenvalue weighted by Crippen LogP contribution is -2.45. The van der Waals surface area contributed by atoms with E-state index < -0.39 is 32.1 Å². The van der Waals surface area contributed by atoms with Crippen LogP contribution in [0.1, 0.15) is 45.7 Å². The van der Waals surface area contributed by atoms with Crippen LogP contribution in [-0.4, -0.2) is 32.2 Å². The van der Waals surface area contributed by atoms with Crippen molar-refractivity contribution in [2.45, 2.75) is 64.9 Å². The molecular formula is C25H34ClF2NO2Si. The highest BCUT2D eigenvalue weighted by atomic mass is 35.5. The van der Waals surface area contributed by atoms with Crippen molar-refractivity contribution in [3.63, 3.8) is 0 Å². The first-order valence-corrected chi connectivity index (χ1v) is 14.0. The molecule has 2 atom stereocenters. The third-order valence-corrected chi connectivity index (χ3v) is 10.9. The van der Waals surface area contributed by atoms with E-state index in [0.29, 0.717) is 21.7 Å². The quantitative estimate of drug-likeness (QED) is 0.305. The molecule has 0 aromatic heterocycles. The summed E-state index contributed by atoms with van der Waals surface area (Å²) >= 11 is 6.12. The Morgan fingerprint density at radius 3 is 2.41 bits per heavy atom. The van der Waals surface area contributed by atoms with Gasteiger partial charge in [0.05, 0.1) is 29.5 Å². The topological polar surface area (TPSA) is 41.5 Å². The highest BCUT2D eigenvalue weighted by molar-refractivity contribution is 6.74. The van der Waals surface area contributed by atoms with Crippen molar-refractivity contribution < 1.29 is 18.3 Å².